The highest BCUT2D eigenvalue weighted by molar-refractivity contribution is 4.45. The Balaban J connectivity index is 0. The van der Waals surface area contributed by atoms with Gasteiger partial charge in [-0.1, -0.05) is 20.3 Å². The van der Waals surface area contributed by atoms with Gasteiger partial charge in [0.1, 0.15) is 0 Å². The van der Waals surface area contributed by atoms with E-state index in [-0.39, 0.29) is 0 Å². The molecular weight excluding hydrogens is 117 g/mol. The fraction of sp³-hybridized carbons (Fsp3) is 0.600. The molecule has 0 atom stereocenters. The largest absolute Gasteiger partial charge is 0.389 e. The number of hydrogen-bond acceptors (Lipinski definition) is 0. The molecule has 0 aliphatic carbocycles. The summed E-state index contributed by atoms with van der Waals surface area (Å²) in [6.07, 6.45) is -3.25. The van der Waals surface area contributed by atoms with Crippen molar-refractivity contribution in [3.8, 4) is 0 Å². The Bertz CT molecular complexity index is 31.4. The lowest BCUT2D eigenvalue weighted by atomic mass is 10.6. The first-order valence-corrected chi connectivity index (χ1v) is 2.13. The first-order valence-electron chi connectivity index (χ1n) is 2.13. The third kappa shape index (κ3) is 3010. The molecule has 0 bridgehead atoms. The van der Waals surface area contributed by atoms with Crippen molar-refractivity contribution in [3.63, 3.8) is 0 Å². The SMILES string of the molecule is [CH2]C(F)(F)F.[CH2]CC. The average molecular weight is 126 g/mol. The first-order chi connectivity index (χ1) is 3.41. The van der Waals surface area contributed by atoms with E-state index in [9.17, 15) is 13.2 Å². The number of rotatable bonds is 0. The van der Waals surface area contributed by atoms with Crippen molar-refractivity contribution in [1.82, 2.24) is 0 Å². The van der Waals surface area contributed by atoms with Gasteiger partial charge in [0.05, 0.1) is 6.92 Å². The second-order valence-electron chi connectivity index (χ2n) is 1.12. The molecule has 0 N–H and O–H groups in total. The highest BCUT2D eigenvalue weighted by Gasteiger charge is 2.16. The van der Waals surface area contributed by atoms with E-state index in [4.69, 9.17) is 0 Å². The third-order valence-electron chi connectivity index (χ3n) is 0. The van der Waals surface area contributed by atoms with Crippen LogP contribution in [0.25, 0.3) is 0 Å². The molecule has 0 saturated carbocycles. The molecule has 0 aliphatic rings. The summed E-state index contributed by atoms with van der Waals surface area (Å²) in [4.78, 5) is 0. The van der Waals surface area contributed by atoms with Crippen LogP contribution in [0.2, 0.25) is 0 Å². The Morgan fingerprint density at radius 3 is 1.38 bits per heavy atom. The molecule has 0 fully saturated rings. The van der Waals surface area contributed by atoms with Crippen LogP contribution in [0, 0.1) is 13.8 Å². The fourth-order valence-electron chi connectivity index (χ4n) is 0. The van der Waals surface area contributed by atoms with Crippen LogP contribution < -0.4 is 0 Å². The van der Waals surface area contributed by atoms with Gasteiger partial charge in [-0.25, -0.2) is 0 Å². The monoisotopic (exact) mass is 126 g/mol. The Labute approximate surface area is 47.7 Å². The quantitative estimate of drug-likeness (QED) is 0.468. The Hall–Kier alpha value is -0.210. The van der Waals surface area contributed by atoms with E-state index in [0.717, 1.165) is 6.42 Å². The maximum Gasteiger partial charge on any atom is 0.389 e. The van der Waals surface area contributed by atoms with Gasteiger partial charge in [-0.3, -0.25) is 0 Å². The van der Waals surface area contributed by atoms with Crippen LogP contribution in [0.4, 0.5) is 13.2 Å². The summed E-state index contributed by atoms with van der Waals surface area (Å²) >= 11 is 0. The van der Waals surface area contributed by atoms with Crippen molar-refractivity contribution in [2.45, 2.75) is 19.5 Å². The minimum absolute atomic E-state index is 1.00. The summed E-state index contributed by atoms with van der Waals surface area (Å²) in [6.45, 7) is 7.27. The summed E-state index contributed by atoms with van der Waals surface area (Å²) in [5.41, 5.74) is 0. The van der Waals surface area contributed by atoms with Crippen LogP contribution in [0.15, 0.2) is 0 Å². The van der Waals surface area contributed by atoms with Gasteiger partial charge in [0.15, 0.2) is 0 Å². The van der Waals surface area contributed by atoms with Crippen molar-refractivity contribution in [2.75, 3.05) is 0 Å². The van der Waals surface area contributed by atoms with E-state index < -0.39 is 6.18 Å². The van der Waals surface area contributed by atoms with E-state index in [1.165, 1.54) is 0 Å². The zero-order valence-corrected chi connectivity index (χ0v) is 4.76. The molecular formula is C5H9F3. The summed E-state index contributed by atoms with van der Waals surface area (Å²) in [7, 11) is 0. The van der Waals surface area contributed by atoms with Crippen molar-refractivity contribution >= 4 is 0 Å². The third-order valence-corrected chi connectivity index (χ3v) is 0. The van der Waals surface area contributed by atoms with Gasteiger partial charge in [0, 0.05) is 0 Å². The molecule has 0 spiro atoms. The highest BCUT2D eigenvalue weighted by atomic mass is 19.4. The topological polar surface area (TPSA) is 0 Å². The lowest BCUT2D eigenvalue weighted by Crippen LogP contribution is -1.96. The predicted molar refractivity (Wildman–Crippen MR) is 27.1 cm³/mol. The average Bonchev–Trinajstić information content (AvgIpc) is 1.27. The van der Waals surface area contributed by atoms with Crippen LogP contribution in [-0.4, -0.2) is 6.18 Å². The normalized spacial score (nSPS) is 9.75. The summed E-state index contributed by atoms with van der Waals surface area (Å²) < 4.78 is 30.7. The van der Waals surface area contributed by atoms with Gasteiger partial charge < -0.3 is 0 Å². The smallest absolute Gasteiger partial charge is 0.171 e. The molecule has 0 saturated heterocycles. The molecule has 0 nitrogen and oxygen atoms in total. The van der Waals surface area contributed by atoms with Crippen molar-refractivity contribution in [3.05, 3.63) is 13.8 Å². The standard InChI is InChI=1S/C3H7.C2H2F3/c1-3-2;1-2(3,4)5/h1,3H2,2H3;1H2. The van der Waals surface area contributed by atoms with Gasteiger partial charge >= 0.3 is 6.18 Å². The van der Waals surface area contributed by atoms with Crippen LogP contribution in [0.3, 0.4) is 0 Å². The van der Waals surface area contributed by atoms with Crippen molar-refractivity contribution < 1.29 is 13.2 Å². The molecule has 0 rings (SSSR count). The second kappa shape index (κ2) is 4.94. The molecule has 0 aromatic heterocycles. The van der Waals surface area contributed by atoms with Crippen LogP contribution in [0.1, 0.15) is 13.3 Å². The summed E-state index contributed by atoms with van der Waals surface area (Å²) in [6, 6.07) is 0. The van der Waals surface area contributed by atoms with E-state index in [0.29, 0.717) is 0 Å². The molecule has 0 heterocycles. The second-order valence-corrected chi connectivity index (χ2v) is 1.12. The van der Waals surface area contributed by atoms with Crippen LogP contribution in [0.5, 0.6) is 0 Å². The number of hydrogen-bond donors (Lipinski definition) is 0. The highest BCUT2D eigenvalue weighted by Crippen LogP contribution is 2.09. The van der Waals surface area contributed by atoms with E-state index in [1.807, 2.05) is 6.92 Å². The maximum atomic E-state index is 10.2. The lowest BCUT2D eigenvalue weighted by molar-refractivity contribution is -0.0829. The number of halogens is 3. The molecule has 3 heteroatoms. The maximum absolute atomic E-state index is 10.2. The Kier molecular flexibility index (Phi) is 6.61. The first kappa shape index (κ1) is 10.7. The van der Waals surface area contributed by atoms with Crippen LogP contribution >= 0.6 is 0 Å². The molecule has 2 radical (unpaired) electrons. The minimum atomic E-state index is -4.25. The van der Waals surface area contributed by atoms with Gasteiger partial charge in [-0.15, -0.1) is 0 Å². The van der Waals surface area contributed by atoms with Crippen molar-refractivity contribution in [2.24, 2.45) is 0 Å². The van der Waals surface area contributed by atoms with Gasteiger partial charge in [0.2, 0.25) is 0 Å². The van der Waals surface area contributed by atoms with E-state index in [1.54, 1.807) is 6.92 Å². The molecule has 8 heavy (non-hydrogen) atoms. The zero-order valence-electron chi connectivity index (χ0n) is 4.76. The summed E-state index contributed by atoms with van der Waals surface area (Å²) in [5.74, 6) is 0. The number of alkyl halides is 3. The van der Waals surface area contributed by atoms with Gasteiger partial charge in [-0.2, -0.15) is 13.2 Å². The van der Waals surface area contributed by atoms with Gasteiger partial charge in [-0.05, 0) is 0 Å². The fourth-order valence-corrected chi connectivity index (χ4v) is 0. The minimum Gasteiger partial charge on any atom is -0.171 e. The van der Waals surface area contributed by atoms with E-state index >= 15 is 0 Å². The molecule has 0 aromatic rings. The zero-order chi connectivity index (χ0) is 7.21. The molecule has 50 valence electrons. The molecule has 0 aromatic carbocycles. The summed E-state index contributed by atoms with van der Waals surface area (Å²) in [5, 5.41) is 0. The lowest BCUT2D eigenvalue weighted by Gasteiger charge is -1.88. The van der Waals surface area contributed by atoms with Gasteiger partial charge in [0.25, 0.3) is 0 Å². The van der Waals surface area contributed by atoms with Crippen molar-refractivity contribution in [1.29, 1.82) is 0 Å². The predicted octanol–water partition coefficient (Wildman–Crippen LogP) is 2.61. The Morgan fingerprint density at radius 2 is 1.38 bits per heavy atom. The molecule has 0 unspecified atom stereocenters. The Morgan fingerprint density at radius 1 is 1.38 bits per heavy atom. The molecule has 0 aliphatic heterocycles. The van der Waals surface area contributed by atoms with Crippen LogP contribution in [-0.2, 0) is 0 Å². The molecule has 0 amide bonds. The van der Waals surface area contributed by atoms with E-state index in [2.05, 4.69) is 6.92 Å².